The van der Waals surface area contributed by atoms with Crippen LogP contribution in [-0.2, 0) is 0 Å². The van der Waals surface area contributed by atoms with Gasteiger partial charge in [-0.05, 0) is 12.1 Å². The van der Waals surface area contributed by atoms with Crippen LogP contribution in [0.3, 0.4) is 0 Å². The highest BCUT2D eigenvalue weighted by Gasteiger charge is 2.13. The fourth-order valence-corrected chi connectivity index (χ4v) is 3.94. The van der Waals surface area contributed by atoms with Crippen LogP contribution in [0.25, 0.3) is 54.9 Å². The third kappa shape index (κ3) is 2.20. The van der Waals surface area contributed by atoms with Crippen LogP contribution in [0.2, 0.25) is 0 Å². The molecular formula is C25H15N3. The van der Waals surface area contributed by atoms with Crippen LogP contribution in [0.1, 0.15) is 0 Å². The Bertz CT molecular complexity index is 1500. The SMILES string of the molecule is c1ccc(-c2nc3cc4ccc5cccnc5c4nc3c3ccccc23)cc1. The van der Waals surface area contributed by atoms with Crippen LogP contribution in [0.15, 0.2) is 91.1 Å². The molecule has 0 fully saturated rings. The molecule has 6 rings (SSSR count). The van der Waals surface area contributed by atoms with Gasteiger partial charge in [-0.25, -0.2) is 9.97 Å². The van der Waals surface area contributed by atoms with Crippen molar-refractivity contribution in [1.29, 1.82) is 0 Å². The van der Waals surface area contributed by atoms with E-state index in [-0.39, 0.29) is 0 Å². The predicted octanol–water partition coefficient (Wildman–Crippen LogP) is 6.15. The normalized spacial score (nSPS) is 11.6. The zero-order chi connectivity index (χ0) is 18.5. The number of fused-ring (bicyclic) bond motifs is 6. The van der Waals surface area contributed by atoms with Crippen molar-refractivity contribution in [2.45, 2.75) is 0 Å². The fourth-order valence-electron chi connectivity index (χ4n) is 3.94. The summed E-state index contributed by atoms with van der Waals surface area (Å²) in [4.78, 5) is 14.6. The lowest BCUT2D eigenvalue weighted by Gasteiger charge is -2.11. The molecule has 0 unspecified atom stereocenters. The van der Waals surface area contributed by atoms with Crippen molar-refractivity contribution in [3.63, 3.8) is 0 Å². The van der Waals surface area contributed by atoms with E-state index in [9.17, 15) is 0 Å². The lowest BCUT2D eigenvalue weighted by Crippen LogP contribution is -1.93. The summed E-state index contributed by atoms with van der Waals surface area (Å²) in [6, 6.07) is 29.1. The van der Waals surface area contributed by atoms with Gasteiger partial charge in [0.15, 0.2) is 0 Å². The largest absolute Gasteiger partial charge is 0.254 e. The van der Waals surface area contributed by atoms with Gasteiger partial charge in [-0.2, -0.15) is 0 Å². The molecular weight excluding hydrogens is 342 g/mol. The zero-order valence-electron chi connectivity index (χ0n) is 15.0. The van der Waals surface area contributed by atoms with Gasteiger partial charge >= 0.3 is 0 Å². The minimum absolute atomic E-state index is 0.903. The molecule has 0 spiro atoms. The van der Waals surface area contributed by atoms with Crippen LogP contribution in [0.4, 0.5) is 0 Å². The topological polar surface area (TPSA) is 38.7 Å². The standard InChI is InChI=1S/C25H15N3/c1-2-7-16(8-3-1)22-19-10-4-5-11-20(19)25-21(27-22)15-18-13-12-17-9-6-14-26-23(17)24(18)28-25/h1-15H. The van der Waals surface area contributed by atoms with Gasteiger partial charge in [0.05, 0.1) is 27.8 Å². The molecule has 0 N–H and O–H groups in total. The van der Waals surface area contributed by atoms with E-state index in [1.54, 1.807) is 0 Å². The number of pyridine rings is 3. The summed E-state index contributed by atoms with van der Waals surface area (Å²) in [5, 5.41) is 4.38. The summed E-state index contributed by atoms with van der Waals surface area (Å²) in [6.07, 6.45) is 1.82. The maximum atomic E-state index is 5.04. The van der Waals surface area contributed by atoms with Gasteiger partial charge in [0, 0.05) is 33.3 Å². The molecule has 28 heavy (non-hydrogen) atoms. The number of hydrogen-bond acceptors (Lipinski definition) is 3. The van der Waals surface area contributed by atoms with Gasteiger partial charge in [0.1, 0.15) is 0 Å². The molecule has 0 bridgehead atoms. The van der Waals surface area contributed by atoms with E-state index >= 15 is 0 Å². The van der Waals surface area contributed by atoms with Crippen molar-refractivity contribution >= 4 is 43.6 Å². The van der Waals surface area contributed by atoms with Crippen molar-refractivity contribution in [2.75, 3.05) is 0 Å². The molecule has 3 heterocycles. The van der Waals surface area contributed by atoms with Gasteiger partial charge in [0.2, 0.25) is 0 Å². The molecule has 0 saturated carbocycles. The Balaban J connectivity index is 1.80. The Hall–Kier alpha value is -3.85. The van der Waals surface area contributed by atoms with Crippen LogP contribution >= 0.6 is 0 Å². The van der Waals surface area contributed by atoms with Gasteiger partial charge < -0.3 is 0 Å². The van der Waals surface area contributed by atoms with E-state index in [1.807, 2.05) is 30.5 Å². The van der Waals surface area contributed by atoms with Crippen molar-refractivity contribution in [3.05, 3.63) is 91.1 Å². The Morgan fingerprint density at radius 2 is 1.32 bits per heavy atom. The monoisotopic (exact) mass is 357 g/mol. The first kappa shape index (κ1) is 15.2. The van der Waals surface area contributed by atoms with Crippen molar-refractivity contribution in [2.24, 2.45) is 0 Å². The second-order valence-electron chi connectivity index (χ2n) is 6.94. The minimum Gasteiger partial charge on any atom is -0.254 e. The average Bonchev–Trinajstić information content (AvgIpc) is 2.78. The van der Waals surface area contributed by atoms with Gasteiger partial charge in [-0.15, -0.1) is 0 Å². The van der Waals surface area contributed by atoms with E-state index in [2.05, 4.69) is 65.6 Å². The molecule has 0 saturated heterocycles. The van der Waals surface area contributed by atoms with Gasteiger partial charge in [-0.3, -0.25) is 4.98 Å². The Morgan fingerprint density at radius 1 is 0.536 bits per heavy atom. The number of benzene rings is 3. The van der Waals surface area contributed by atoms with Crippen LogP contribution in [0, 0.1) is 0 Å². The molecule has 3 aromatic carbocycles. The van der Waals surface area contributed by atoms with E-state index in [1.165, 1.54) is 0 Å². The van der Waals surface area contributed by atoms with E-state index in [4.69, 9.17) is 9.97 Å². The summed E-state index contributed by atoms with van der Waals surface area (Å²) in [5.74, 6) is 0. The van der Waals surface area contributed by atoms with Crippen molar-refractivity contribution in [3.8, 4) is 11.3 Å². The van der Waals surface area contributed by atoms with Gasteiger partial charge in [0.25, 0.3) is 0 Å². The smallest absolute Gasteiger partial charge is 0.0974 e. The molecule has 3 aromatic heterocycles. The second-order valence-corrected chi connectivity index (χ2v) is 6.94. The summed E-state index contributed by atoms with van der Waals surface area (Å²) in [5.41, 5.74) is 5.77. The lowest BCUT2D eigenvalue weighted by atomic mass is 10.0. The molecule has 0 aliphatic carbocycles. The Labute approximate surface area is 161 Å². The minimum atomic E-state index is 0.903. The van der Waals surface area contributed by atoms with Crippen LogP contribution in [0.5, 0.6) is 0 Å². The highest BCUT2D eigenvalue weighted by Crippen LogP contribution is 2.33. The molecule has 0 radical (unpaired) electrons. The average molecular weight is 357 g/mol. The Morgan fingerprint density at radius 3 is 2.21 bits per heavy atom. The first-order valence-corrected chi connectivity index (χ1v) is 9.31. The Kier molecular flexibility index (Phi) is 3.17. The first-order valence-electron chi connectivity index (χ1n) is 9.31. The summed E-state index contributed by atoms with van der Waals surface area (Å²) in [6.45, 7) is 0. The van der Waals surface area contributed by atoms with E-state index in [0.29, 0.717) is 0 Å². The third-order valence-electron chi connectivity index (χ3n) is 5.25. The molecule has 3 nitrogen and oxygen atoms in total. The van der Waals surface area contributed by atoms with Crippen LogP contribution < -0.4 is 0 Å². The van der Waals surface area contributed by atoms with Crippen molar-refractivity contribution < 1.29 is 0 Å². The predicted molar refractivity (Wildman–Crippen MR) is 115 cm³/mol. The zero-order valence-corrected chi connectivity index (χ0v) is 15.0. The number of aromatic nitrogens is 3. The molecule has 6 aromatic rings. The molecule has 0 amide bonds. The number of rotatable bonds is 1. The van der Waals surface area contributed by atoms with E-state index < -0.39 is 0 Å². The lowest BCUT2D eigenvalue weighted by molar-refractivity contribution is 1.38. The molecule has 3 heteroatoms. The quantitative estimate of drug-likeness (QED) is 0.262. The molecule has 130 valence electrons. The van der Waals surface area contributed by atoms with Gasteiger partial charge in [-0.1, -0.05) is 72.8 Å². The highest BCUT2D eigenvalue weighted by molar-refractivity contribution is 6.13. The number of hydrogen-bond donors (Lipinski definition) is 0. The highest BCUT2D eigenvalue weighted by atomic mass is 14.8. The number of nitrogens with zero attached hydrogens (tertiary/aromatic N) is 3. The fraction of sp³-hybridized carbons (Fsp3) is 0. The van der Waals surface area contributed by atoms with E-state index in [0.717, 1.165) is 54.9 Å². The summed E-state index contributed by atoms with van der Waals surface area (Å²) < 4.78 is 0. The third-order valence-corrected chi connectivity index (χ3v) is 5.25. The van der Waals surface area contributed by atoms with Crippen LogP contribution in [-0.4, -0.2) is 15.0 Å². The molecule has 0 aliphatic rings. The maximum absolute atomic E-state index is 5.04. The first-order chi connectivity index (χ1) is 13.9. The summed E-state index contributed by atoms with van der Waals surface area (Å²) >= 11 is 0. The second kappa shape index (κ2) is 5.83. The maximum Gasteiger partial charge on any atom is 0.0974 e. The summed E-state index contributed by atoms with van der Waals surface area (Å²) in [7, 11) is 0. The molecule has 0 atom stereocenters. The van der Waals surface area contributed by atoms with Crippen molar-refractivity contribution in [1.82, 2.24) is 15.0 Å². The molecule has 0 aliphatic heterocycles.